The van der Waals surface area contributed by atoms with Crippen molar-refractivity contribution < 1.29 is 4.79 Å². The largest absolute Gasteiger partial charge is 0.345 e. The Morgan fingerprint density at radius 3 is 2.30 bits per heavy atom. The van der Waals surface area contributed by atoms with E-state index in [9.17, 15) is 4.79 Å². The summed E-state index contributed by atoms with van der Waals surface area (Å²) < 4.78 is 2.23. The molecule has 1 aromatic heterocycles. The zero-order chi connectivity index (χ0) is 23.2. The number of nitrogens with one attached hydrogen (secondary N) is 1. The lowest BCUT2D eigenvalue weighted by atomic mass is 10.1. The minimum absolute atomic E-state index is 0.101. The number of hydrogen-bond donors (Lipinski definition) is 1. The van der Waals surface area contributed by atoms with Crippen LogP contribution < -0.4 is 5.32 Å². The van der Waals surface area contributed by atoms with Crippen LogP contribution in [0.3, 0.4) is 0 Å². The van der Waals surface area contributed by atoms with Crippen LogP contribution in [0.4, 0.5) is 10.5 Å². The lowest BCUT2D eigenvalue weighted by Gasteiger charge is -2.25. The van der Waals surface area contributed by atoms with Crippen LogP contribution in [0.15, 0.2) is 91.1 Å². The molecular weight excluding hydrogens is 406 g/mol. The molecule has 2 amide bonds. The van der Waals surface area contributed by atoms with Crippen LogP contribution in [-0.2, 0) is 19.6 Å². The van der Waals surface area contributed by atoms with Gasteiger partial charge in [-0.25, -0.2) is 4.79 Å². The minimum Gasteiger partial charge on any atom is -0.345 e. The highest BCUT2D eigenvalue weighted by molar-refractivity contribution is 5.90. The predicted molar refractivity (Wildman–Crippen MR) is 135 cm³/mol. The maximum absolute atomic E-state index is 13.4. The van der Waals surface area contributed by atoms with Crippen molar-refractivity contribution in [3.8, 4) is 0 Å². The van der Waals surface area contributed by atoms with E-state index in [2.05, 4.69) is 84.5 Å². The molecule has 3 aromatic carbocycles. The van der Waals surface area contributed by atoms with E-state index in [4.69, 9.17) is 0 Å². The van der Waals surface area contributed by atoms with Crippen molar-refractivity contribution in [3.63, 3.8) is 0 Å². The number of benzene rings is 3. The van der Waals surface area contributed by atoms with Gasteiger partial charge in [-0.3, -0.25) is 0 Å². The predicted octanol–water partition coefficient (Wildman–Crippen LogP) is 6.70. The van der Waals surface area contributed by atoms with Gasteiger partial charge in [-0.2, -0.15) is 0 Å². The van der Waals surface area contributed by atoms with Gasteiger partial charge in [0.05, 0.1) is 6.54 Å². The molecule has 0 bridgehead atoms. The highest BCUT2D eigenvalue weighted by Gasteiger charge is 2.18. The van der Waals surface area contributed by atoms with Gasteiger partial charge in [0.15, 0.2) is 0 Å². The number of nitrogens with zero attached hydrogens (tertiary/aromatic N) is 2. The fourth-order valence-electron chi connectivity index (χ4n) is 4.00. The summed E-state index contributed by atoms with van der Waals surface area (Å²) in [5, 5.41) is 3.14. The first kappa shape index (κ1) is 22.4. The third-order valence-electron chi connectivity index (χ3n) is 6.23. The highest BCUT2D eigenvalue weighted by Crippen LogP contribution is 2.20. The molecule has 0 aliphatic carbocycles. The van der Waals surface area contributed by atoms with Crippen LogP contribution in [0.25, 0.3) is 0 Å². The normalized spacial score (nSPS) is 10.8. The average Bonchev–Trinajstić information content (AvgIpc) is 3.25. The van der Waals surface area contributed by atoms with Gasteiger partial charge < -0.3 is 14.8 Å². The maximum atomic E-state index is 13.4. The molecule has 0 radical (unpaired) electrons. The van der Waals surface area contributed by atoms with Crippen LogP contribution in [0, 0.1) is 20.8 Å². The summed E-state index contributed by atoms with van der Waals surface area (Å²) in [6.45, 7) is 8.08. The van der Waals surface area contributed by atoms with Gasteiger partial charge in [0.25, 0.3) is 0 Å². The molecule has 4 heteroatoms. The van der Waals surface area contributed by atoms with Crippen molar-refractivity contribution in [1.82, 2.24) is 9.47 Å². The Morgan fingerprint density at radius 1 is 0.788 bits per heavy atom. The van der Waals surface area contributed by atoms with E-state index in [0.717, 1.165) is 34.6 Å². The fourth-order valence-corrected chi connectivity index (χ4v) is 4.00. The SMILES string of the molecule is Cc1ccccc1Cn1cccc1CN(Cc1ccccc1)C(=O)Nc1cccc(C)c1C. The van der Waals surface area contributed by atoms with Crippen molar-refractivity contribution >= 4 is 11.7 Å². The molecule has 0 aliphatic rings. The lowest BCUT2D eigenvalue weighted by Crippen LogP contribution is -2.35. The number of aromatic nitrogens is 1. The molecule has 4 nitrogen and oxygen atoms in total. The Balaban J connectivity index is 1.58. The quantitative estimate of drug-likeness (QED) is 0.343. The molecule has 0 saturated heterocycles. The Bertz CT molecular complexity index is 1230. The third kappa shape index (κ3) is 5.53. The molecule has 33 heavy (non-hydrogen) atoms. The van der Waals surface area contributed by atoms with Crippen LogP contribution >= 0.6 is 0 Å². The third-order valence-corrected chi connectivity index (χ3v) is 6.23. The maximum Gasteiger partial charge on any atom is 0.322 e. The second kappa shape index (κ2) is 10.2. The van der Waals surface area contributed by atoms with E-state index in [1.165, 1.54) is 11.1 Å². The van der Waals surface area contributed by atoms with Crippen molar-refractivity contribution in [2.75, 3.05) is 5.32 Å². The first-order valence-electron chi connectivity index (χ1n) is 11.4. The summed E-state index contributed by atoms with van der Waals surface area (Å²) in [6.07, 6.45) is 2.09. The highest BCUT2D eigenvalue weighted by atomic mass is 16.2. The second-order valence-electron chi connectivity index (χ2n) is 8.57. The molecule has 1 N–H and O–H groups in total. The Hall–Kier alpha value is -3.79. The summed E-state index contributed by atoms with van der Waals surface area (Å²) in [6, 6.07) is 28.6. The number of urea groups is 1. The number of aryl methyl sites for hydroxylation is 2. The van der Waals surface area contributed by atoms with E-state index in [0.29, 0.717) is 13.1 Å². The van der Waals surface area contributed by atoms with Crippen molar-refractivity contribution in [2.24, 2.45) is 0 Å². The van der Waals surface area contributed by atoms with E-state index in [-0.39, 0.29) is 6.03 Å². The van der Waals surface area contributed by atoms with Gasteiger partial charge in [-0.1, -0.05) is 66.7 Å². The summed E-state index contributed by atoms with van der Waals surface area (Å²) in [7, 11) is 0. The van der Waals surface area contributed by atoms with Gasteiger partial charge in [-0.05, 0) is 66.8 Å². The van der Waals surface area contributed by atoms with Crippen LogP contribution in [0.2, 0.25) is 0 Å². The van der Waals surface area contributed by atoms with Gasteiger partial charge in [-0.15, -0.1) is 0 Å². The second-order valence-corrected chi connectivity index (χ2v) is 8.57. The summed E-state index contributed by atoms with van der Waals surface area (Å²) in [4.78, 5) is 15.3. The smallest absolute Gasteiger partial charge is 0.322 e. The van der Waals surface area contributed by atoms with E-state index < -0.39 is 0 Å². The van der Waals surface area contributed by atoms with Crippen molar-refractivity contribution in [3.05, 3.63) is 125 Å². The molecule has 168 valence electrons. The van der Waals surface area contributed by atoms with Gasteiger partial charge in [0.2, 0.25) is 0 Å². The Kier molecular flexibility index (Phi) is 6.94. The van der Waals surface area contributed by atoms with Gasteiger partial charge >= 0.3 is 6.03 Å². The molecule has 0 aliphatic heterocycles. The Labute approximate surface area is 196 Å². The van der Waals surface area contributed by atoms with Crippen molar-refractivity contribution in [2.45, 2.75) is 40.4 Å². The fraction of sp³-hybridized carbons (Fsp3) is 0.207. The van der Waals surface area contributed by atoms with Crippen LogP contribution in [0.1, 0.15) is 33.5 Å². The molecule has 0 fully saturated rings. The number of amides is 2. The number of anilines is 1. The average molecular weight is 438 g/mol. The number of carbonyl (C=O) groups excluding carboxylic acids is 1. The number of carbonyl (C=O) groups is 1. The first-order valence-corrected chi connectivity index (χ1v) is 11.4. The summed E-state index contributed by atoms with van der Waals surface area (Å²) >= 11 is 0. The molecule has 1 heterocycles. The van der Waals surface area contributed by atoms with Gasteiger partial charge in [0.1, 0.15) is 0 Å². The minimum atomic E-state index is -0.101. The van der Waals surface area contributed by atoms with E-state index in [1.54, 1.807) is 0 Å². The number of hydrogen-bond acceptors (Lipinski definition) is 1. The number of rotatable bonds is 7. The molecule has 0 saturated carbocycles. The summed E-state index contributed by atoms with van der Waals surface area (Å²) in [5.74, 6) is 0. The first-order chi connectivity index (χ1) is 16.0. The monoisotopic (exact) mass is 437 g/mol. The topological polar surface area (TPSA) is 37.3 Å². The molecule has 0 spiro atoms. The van der Waals surface area contributed by atoms with Crippen LogP contribution in [-0.4, -0.2) is 15.5 Å². The zero-order valence-corrected chi connectivity index (χ0v) is 19.6. The standard InChI is InChI=1S/C29H31N3O/c1-22-12-9-17-28(24(22)3)30-29(33)32(19-25-13-5-4-6-14-25)21-27-16-10-18-31(27)20-26-15-8-7-11-23(26)2/h4-18H,19-21H2,1-3H3,(H,30,33). The molecule has 0 unspecified atom stereocenters. The molecule has 4 aromatic rings. The van der Waals surface area contributed by atoms with Gasteiger partial charge in [0, 0.05) is 30.7 Å². The lowest BCUT2D eigenvalue weighted by molar-refractivity contribution is 0.205. The molecule has 4 rings (SSSR count). The van der Waals surface area contributed by atoms with E-state index in [1.807, 2.05) is 42.2 Å². The van der Waals surface area contributed by atoms with Crippen LogP contribution in [0.5, 0.6) is 0 Å². The van der Waals surface area contributed by atoms with E-state index >= 15 is 0 Å². The summed E-state index contributed by atoms with van der Waals surface area (Å²) in [5.41, 5.74) is 7.86. The molecular formula is C29H31N3O. The Morgan fingerprint density at radius 2 is 1.52 bits per heavy atom. The molecule has 0 atom stereocenters. The zero-order valence-electron chi connectivity index (χ0n) is 19.6. The van der Waals surface area contributed by atoms with Crippen molar-refractivity contribution in [1.29, 1.82) is 0 Å².